The zero-order valence-electron chi connectivity index (χ0n) is 18.2. The minimum Gasteiger partial charge on any atom is -0.458 e. The van der Waals surface area contributed by atoms with Crippen molar-refractivity contribution in [1.29, 1.82) is 0 Å². The predicted molar refractivity (Wildman–Crippen MR) is 113 cm³/mol. The van der Waals surface area contributed by atoms with Gasteiger partial charge in [-0.15, -0.1) is 6.42 Å². The van der Waals surface area contributed by atoms with Crippen LogP contribution in [0.2, 0.25) is 0 Å². The summed E-state index contributed by atoms with van der Waals surface area (Å²) < 4.78 is 16.5. The first-order valence-corrected chi connectivity index (χ1v) is 10.3. The molecule has 3 aliphatic rings. The maximum Gasteiger partial charge on any atom is 0.324 e. The van der Waals surface area contributed by atoms with Crippen molar-refractivity contribution in [3.63, 3.8) is 0 Å². The third-order valence-electron chi connectivity index (χ3n) is 6.42. The quantitative estimate of drug-likeness (QED) is 0.285. The molecule has 0 aromatic carbocycles. The van der Waals surface area contributed by atoms with E-state index < -0.39 is 35.0 Å². The number of esters is 3. The Hall–Kier alpha value is -3.79. The number of carbonyl (C=O) groups excluding carboxylic acids is 3. The predicted octanol–water partition coefficient (Wildman–Crippen LogP) is 1.48. The molecule has 5 unspecified atom stereocenters. The molecule has 2 bridgehead atoms. The Morgan fingerprint density at radius 1 is 1.16 bits per heavy atom. The molecule has 2 saturated carbocycles. The van der Waals surface area contributed by atoms with E-state index in [-0.39, 0.29) is 30.8 Å². The Balaban J connectivity index is 1.60. The van der Waals surface area contributed by atoms with Gasteiger partial charge in [-0.25, -0.2) is 0 Å². The highest BCUT2D eigenvalue weighted by molar-refractivity contribution is 6.03. The molecule has 6 heteroatoms. The molecular formula is C26H22O6. The fraction of sp³-hybridized carbons (Fsp3) is 0.500. The van der Waals surface area contributed by atoms with Crippen molar-refractivity contribution in [2.45, 2.75) is 52.2 Å². The van der Waals surface area contributed by atoms with Gasteiger partial charge in [-0.05, 0) is 86.4 Å². The van der Waals surface area contributed by atoms with Crippen LogP contribution in [-0.2, 0) is 28.6 Å². The summed E-state index contributed by atoms with van der Waals surface area (Å²) in [6.07, 6.45) is 5.27. The van der Waals surface area contributed by atoms with E-state index in [0.717, 1.165) is 0 Å². The first kappa shape index (κ1) is 22.9. The van der Waals surface area contributed by atoms with Gasteiger partial charge in [-0.2, -0.15) is 0 Å². The normalized spacial score (nSPS) is 28.1. The van der Waals surface area contributed by atoms with E-state index in [2.05, 4.69) is 53.3 Å². The maximum absolute atomic E-state index is 12.8. The molecule has 162 valence electrons. The molecule has 1 aliphatic heterocycles. The third-order valence-corrected chi connectivity index (χ3v) is 6.42. The van der Waals surface area contributed by atoms with Gasteiger partial charge in [0.1, 0.15) is 12.2 Å². The molecule has 0 aromatic rings. The smallest absolute Gasteiger partial charge is 0.324 e. The average molecular weight is 430 g/mol. The van der Waals surface area contributed by atoms with Crippen LogP contribution in [0.4, 0.5) is 0 Å². The summed E-state index contributed by atoms with van der Waals surface area (Å²) in [6, 6.07) is 0. The Bertz CT molecular complexity index is 1120. The molecule has 2 aliphatic carbocycles. The molecule has 1 heterocycles. The van der Waals surface area contributed by atoms with E-state index in [1.807, 2.05) is 20.8 Å². The minimum atomic E-state index is -1.34. The van der Waals surface area contributed by atoms with Crippen LogP contribution in [0.1, 0.15) is 40.0 Å². The summed E-state index contributed by atoms with van der Waals surface area (Å²) in [5.74, 6) is 19.7. The lowest BCUT2D eigenvalue weighted by atomic mass is 9.73. The number of terminal acetylenes is 1. The molecule has 0 radical (unpaired) electrons. The average Bonchev–Trinajstić information content (AvgIpc) is 3.37. The lowest BCUT2D eigenvalue weighted by molar-refractivity contribution is -0.170. The Labute approximate surface area is 188 Å². The summed E-state index contributed by atoms with van der Waals surface area (Å²) in [4.78, 5) is 38.0. The monoisotopic (exact) mass is 430 g/mol. The lowest BCUT2D eigenvalue weighted by Gasteiger charge is -2.32. The van der Waals surface area contributed by atoms with Crippen LogP contribution < -0.4 is 0 Å². The molecular weight excluding hydrogens is 408 g/mol. The number of hydrogen-bond donors (Lipinski definition) is 0. The number of ether oxygens (including phenoxy) is 3. The van der Waals surface area contributed by atoms with Crippen molar-refractivity contribution in [3.8, 4) is 59.7 Å². The molecule has 0 aromatic heterocycles. The molecule has 5 atom stereocenters. The Morgan fingerprint density at radius 2 is 1.81 bits per heavy atom. The zero-order valence-corrected chi connectivity index (χ0v) is 18.2. The molecule has 6 nitrogen and oxygen atoms in total. The van der Waals surface area contributed by atoms with Crippen LogP contribution in [0.15, 0.2) is 0 Å². The van der Waals surface area contributed by atoms with Crippen LogP contribution >= 0.6 is 0 Å². The van der Waals surface area contributed by atoms with Crippen LogP contribution in [0.3, 0.4) is 0 Å². The van der Waals surface area contributed by atoms with E-state index >= 15 is 0 Å². The molecule has 3 fully saturated rings. The van der Waals surface area contributed by atoms with Crippen molar-refractivity contribution in [1.82, 2.24) is 0 Å². The standard InChI is InChI=1S/C26H22O6/c1-5-7-8-9-10-11-12-13-14-15-30-23(28)26-17-18-16-19(26)21(32-24(26)29)20(18)31-22(27)25(3,4)6-2/h1,18-21H,6,15-17H2,2-4H3. The molecule has 32 heavy (non-hydrogen) atoms. The summed E-state index contributed by atoms with van der Waals surface area (Å²) in [6.45, 7) is 5.33. The summed E-state index contributed by atoms with van der Waals surface area (Å²) in [5, 5.41) is 0. The Kier molecular flexibility index (Phi) is 6.54. The molecule has 1 saturated heterocycles. The maximum atomic E-state index is 12.8. The van der Waals surface area contributed by atoms with Gasteiger partial charge in [0.25, 0.3) is 0 Å². The van der Waals surface area contributed by atoms with E-state index in [4.69, 9.17) is 20.6 Å². The highest BCUT2D eigenvalue weighted by Crippen LogP contribution is 2.63. The minimum absolute atomic E-state index is 0.117. The fourth-order valence-electron chi connectivity index (χ4n) is 4.36. The van der Waals surface area contributed by atoms with Crippen molar-refractivity contribution in [2.24, 2.45) is 22.7 Å². The van der Waals surface area contributed by atoms with E-state index in [1.165, 1.54) is 0 Å². The molecule has 0 amide bonds. The number of hydrogen-bond acceptors (Lipinski definition) is 6. The van der Waals surface area contributed by atoms with E-state index in [9.17, 15) is 14.4 Å². The highest BCUT2D eigenvalue weighted by Gasteiger charge is 2.75. The van der Waals surface area contributed by atoms with E-state index in [1.54, 1.807) is 0 Å². The first-order chi connectivity index (χ1) is 15.3. The highest BCUT2D eigenvalue weighted by atomic mass is 16.6. The first-order valence-electron chi connectivity index (χ1n) is 10.3. The molecule has 0 N–H and O–H groups in total. The van der Waals surface area contributed by atoms with Crippen molar-refractivity contribution in [2.75, 3.05) is 6.61 Å². The zero-order chi connectivity index (χ0) is 23.4. The van der Waals surface area contributed by atoms with Crippen LogP contribution in [0.25, 0.3) is 0 Å². The van der Waals surface area contributed by atoms with Gasteiger partial charge in [-0.3, -0.25) is 14.4 Å². The Morgan fingerprint density at radius 3 is 2.47 bits per heavy atom. The van der Waals surface area contributed by atoms with Crippen LogP contribution in [-0.4, -0.2) is 36.7 Å². The molecule has 3 rings (SSSR count). The summed E-state index contributed by atoms with van der Waals surface area (Å²) >= 11 is 0. The van der Waals surface area contributed by atoms with Gasteiger partial charge >= 0.3 is 17.9 Å². The van der Waals surface area contributed by atoms with Crippen molar-refractivity contribution in [3.05, 3.63) is 0 Å². The SMILES string of the molecule is C#CC#CC#CC#CC#CCOC(=O)C12CC3CC1C(OC2=O)C3OC(=O)C(C)(C)CC. The van der Waals surface area contributed by atoms with Gasteiger partial charge in [0, 0.05) is 11.8 Å². The van der Waals surface area contributed by atoms with Gasteiger partial charge in [0.15, 0.2) is 12.0 Å². The largest absolute Gasteiger partial charge is 0.458 e. The lowest BCUT2D eigenvalue weighted by Crippen LogP contribution is -2.46. The third kappa shape index (κ3) is 4.04. The van der Waals surface area contributed by atoms with Gasteiger partial charge < -0.3 is 14.2 Å². The van der Waals surface area contributed by atoms with Gasteiger partial charge in [0.2, 0.25) is 0 Å². The van der Waals surface area contributed by atoms with Gasteiger partial charge in [0.05, 0.1) is 5.41 Å². The second kappa shape index (κ2) is 9.15. The number of rotatable bonds is 5. The second-order valence-electron chi connectivity index (χ2n) is 8.53. The summed E-state index contributed by atoms with van der Waals surface area (Å²) in [5.41, 5.74) is -1.96. The number of fused-ring (bicyclic) bond motifs is 1. The van der Waals surface area contributed by atoms with E-state index in [0.29, 0.717) is 12.8 Å². The van der Waals surface area contributed by atoms with Crippen molar-refractivity contribution < 1.29 is 28.6 Å². The second-order valence-corrected chi connectivity index (χ2v) is 8.53. The van der Waals surface area contributed by atoms with Crippen LogP contribution in [0.5, 0.6) is 0 Å². The van der Waals surface area contributed by atoms with Crippen LogP contribution in [0, 0.1) is 82.4 Å². The topological polar surface area (TPSA) is 78.9 Å². The van der Waals surface area contributed by atoms with Crippen molar-refractivity contribution >= 4 is 17.9 Å². The summed E-state index contributed by atoms with van der Waals surface area (Å²) in [7, 11) is 0. The molecule has 0 spiro atoms. The number of carbonyl (C=O) groups is 3. The fourth-order valence-corrected chi connectivity index (χ4v) is 4.36. The van der Waals surface area contributed by atoms with Gasteiger partial charge in [-0.1, -0.05) is 6.92 Å².